The molecular weight excluding hydrogens is 392 g/mol. The summed E-state index contributed by atoms with van der Waals surface area (Å²) in [5, 5.41) is 0. The van der Waals surface area contributed by atoms with Gasteiger partial charge in [-0.3, -0.25) is 0 Å². The monoisotopic (exact) mass is 426 g/mol. The molecule has 1 aromatic rings. The van der Waals surface area contributed by atoms with Gasteiger partial charge in [0.15, 0.2) is 0 Å². The van der Waals surface area contributed by atoms with Gasteiger partial charge >= 0.3 is 6.09 Å². The van der Waals surface area contributed by atoms with Gasteiger partial charge < -0.3 is 14.5 Å². The molecule has 0 N–H and O–H groups in total. The van der Waals surface area contributed by atoms with E-state index in [-0.39, 0.29) is 6.09 Å². The zero-order valence-corrected chi connectivity index (χ0v) is 18.8. The van der Waals surface area contributed by atoms with Crippen LogP contribution in [0.5, 0.6) is 0 Å². The van der Waals surface area contributed by atoms with Gasteiger partial charge in [-0.2, -0.15) is 0 Å². The summed E-state index contributed by atoms with van der Waals surface area (Å²) < 4.78 is 6.49. The third-order valence-corrected chi connectivity index (χ3v) is 5.05. The third-order valence-electron chi connectivity index (χ3n) is 4.52. The van der Waals surface area contributed by atoms with E-state index in [1.807, 2.05) is 32.9 Å². The van der Waals surface area contributed by atoms with E-state index in [0.717, 1.165) is 24.0 Å². The first-order valence-corrected chi connectivity index (χ1v) is 10.4. The van der Waals surface area contributed by atoms with Crippen LogP contribution in [0.25, 0.3) is 0 Å². The standard InChI is InChI=1S/C15H20BrNO2.C6H15N/c1-15(2,3)19-14(18)17-9-8-12(10-17)11-4-6-13(16)7-5-11;1-4-7(5-2)6-3/h4-7,12H,8-10H2,1-3H3;4-6H2,1-3H3. The summed E-state index contributed by atoms with van der Waals surface area (Å²) in [5.41, 5.74) is 0.863. The van der Waals surface area contributed by atoms with Crippen molar-refractivity contribution >= 4 is 22.0 Å². The van der Waals surface area contributed by atoms with E-state index in [0.29, 0.717) is 5.92 Å². The van der Waals surface area contributed by atoms with Crippen LogP contribution in [0.3, 0.4) is 0 Å². The summed E-state index contributed by atoms with van der Waals surface area (Å²) in [6.07, 6.45) is 0.799. The van der Waals surface area contributed by atoms with E-state index >= 15 is 0 Å². The molecule has 1 heterocycles. The Morgan fingerprint density at radius 1 is 1.15 bits per heavy atom. The van der Waals surface area contributed by atoms with Crippen molar-refractivity contribution in [2.24, 2.45) is 0 Å². The van der Waals surface area contributed by atoms with Gasteiger partial charge in [0.2, 0.25) is 0 Å². The maximum Gasteiger partial charge on any atom is 0.410 e. The molecule has 0 radical (unpaired) electrons. The molecule has 26 heavy (non-hydrogen) atoms. The molecule has 0 spiro atoms. The highest BCUT2D eigenvalue weighted by molar-refractivity contribution is 9.10. The Hall–Kier alpha value is -1.07. The van der Waals surface area contributed by atoms with Gasteiger partial charge in [-0.05, 0) is 64.5 Å². The van der Waals surface area contributed by atoms with Crippen molar-refractivity contribution in [3.63, 3.8) is 0 Å². The number of hydrogen-bond acceptors (Lipinski definition) is 3. The van der Waals surface area contributed by atoms with Crippen molar-refractivity contribution in [1.29, 1.82) is 0 Å². The molecule has 148 valence electrons. The summed E-state index contributed by atoms with van der Waals surface area (Å²) in [7, 11) is 0. The minimum Gasteiger partial charge on any atom is -0.444 e. The molecule has 1 fully saturated rings. The number of benzene rings is 1. The van der Waals surface area contributed by atoms with Gasteiger partial charge in [-0.25, -0.2) is 4.79 Å². The quantitative estimate of drug-likeness (QED) is 0.634. The van der Waals surface area contributed by atoms with E-state index in [4.69, 9.17) is 4.74 Å². The van der Waals surface area contributed by atoms with Crippen LogP contribution in [-0.4, -0.2) is 54.2 Å². The number of carbonyl (C=O) groups excluding carboxylic acids is 1. The van der Waals surface area contributed by atoms with E-state index in [1.165, 1.54) is 25.2 Å². The molecule has 1 saturated heterocycles. The Bertz CT molecular complexity index is 530. The summed E-state index contributed by atoms with van der Waals surface area (Å²) in [4.78, 5) is 16.2. The molecule has 0 aromatic heterocycles. The number of nitrogens with zero attached hydrogens (tertiary/aromatic N) is 2. The van der Waals surface area contributed by atoms with Crippen molar-refractivity contribution in [3.05, 3.63) is 34.3 Å². The topological polar surface area (TPSA) is 32.8 Å². The van der Waals surface area contributed by atoms with Gasteiger partial charge in [0.05, 0.1) is 0 Å². The molecule has 4 nitrogen and oxygen atoms in total. The highest BCUT2D eigenvalue weighted by Gasteiger charge is 2.30. The third kappa shape index (κ3) is 8.09. The molecule has 1 atom stereocenters. The lowest BCUT2D eigenvalue weighted by atomic mass is 9.99. The molecule has 0 bridgehead atoms. The Morgan fingerprint density at radius 2 is 1.69 bits per heavy atom. The van der Waals surface area contributed by atoms with Crippen LogP contribution < -0.4 is 0 Å². The molecule has 2 rings (SSSR count). The normalized spacial score (nSPS) is 17.1. The molecule has 5 heteroatoms. The number of rotatable bonds is 4. The Balaban J connectivity index is 0.000000412. The SMILES string of the molecule is CC(C)(C)OC(=O)N1CCC(c2ccc(Br)cc2)C1.CCN(CC)CC. The van der Waals surface area contributed by atoms with E-state index in [2.05, 4.69) is 53.7 Å². The first-order chi connectivity index (χ1) is 12.2. The highest BCUT2D eigenvalue weighted by Crippen LogP contribution is 2.29. The lowest BCUT2D eigenvalue weighted by Gasteiger charge is -2.24. The fourth-order valence-electron chi connectivity index (χ4n) is 2.93. The van der Waals surface area contributed by atoms with E-state index in [9.17, 15) is 4.79 Å². The zero-order valence-electron chi connectivity index (χ0n) is 17.2. The summed E-state index contributed by atoms with van der Waals surface area (Å²) in [6.45, 7) is 17.3. The predicted octanol–water partition coefficient (Wildman–Crippen LogP) is 5.52. The second-order valence-corrected chi connectivity index (χ2v) is 8.50. The smallest absolute Gasteiger partial charge is 0.410 e. The zero-order chi connectivity index (χ0) is 19.7. The molecule has 1 amide bonds. The van der Waals surface area contributed by atoms with Gasteiger partial charge in [-0.1, -0.05) is 48.8 Å². The molecule has 0 aliphatic carbocycles. The van der Waals surface area contributed by atoms with Crippen molar-refractivity contribution in [1.82, 2.24) is 9.80 Å². The maximum absolute atomic E-state index is 12.0. The minimum absolute atomic E-state index is 0.202. The van der Waals surface area contributed by atoms with Crippen molar-refractivity contribution < 1.29 is 9.53 Å². The molecule has 1 unspecified atom stereocenters. The second kappa shape index (κ2) is 10.9. The van der Waals surface area contributed by atoms with Gasteiger partial charge in [0.25, 0.3) is 0 Å². The predicted molar refractivity (Wildman–Crippen MR) is 113 cm³/mol. The number of carbonyl (C=O) groups is 1. The second-order valence-electron chi connectivity index (χ2n) is 7.58. The molecule has 1 aliphatic rings. The summed E-state index contributed by atoms with van der Waals surface area (Å²) in [5.74, 6) is 0.417. The van der Waals surface area contributed by atoms with Crippen molar-refractivity contribution in [2.45, 2.75) is 59.5 Å². The Labute approximate surface area is 168 Å². The fraction of sp³-hybridized carbons (Fsp3) is 0.667. The highest BCUT2D eigenvalue weighted by atomic mass is 79.9. The first-order valence-electron chi connectivity index (χ1n) is 9.65. The number of ether oxygens (including phenoxy) is 1. The maximum atomic E-state index is 12.0. The lowest BCUT2D eigenvalue weighted by Crippen LogP contribution is -2.35. The van der Waals surface area contributed by atoms with Crippen molar-refractivity contribution in [3.8, 4) is 0 Å². The Kier molecular flexibility index (Phi) is 9.66. The van der Waals surface area contributed by atoms with Gasteiger partial charge in [0, 0.05) is 23.5 Å². The molecule has 1 aromatic carbocycles. The molecular formula is C21H35BrN2O2. The van der Waals surface area contributed by atoms with Crippen LogP contribution in [0.15, 0.2) is 28.7 Å². The Morgan fingerprint density at radius 3 is 2.12 bits per heavy atom. The number of amides is 1. The van der Waals surface area contributed by atoms with E-state index in [1.54, 1.807) is 4.90 Å². The van der Waals surface area contributed by atoms with Crippen LogP contribution >= 0.6 is 15.9 Å². The minimum atomic E-state index is -0.424. The first kappa shape index (κ1) is 23.0. The van der Waals surface area contributed by atoms with Crippen LogP contribution in [-0.2, 0) is 4.74 Å². The largest absolute Gasteiger partial charge is 0.444 e. The number of hydrogen-bond donors (Lipinski definition) is 0. The fourth-order valence-corrected chi connectivity index (χ4v) is 3.19. The average molecular weight is 427 g/mol. The van der Waals surface area contributed by atoms with Crippen LogP contribution in [0.4, 0.5) is 4.79 Å². The van der Waals surface area contributed by atoms with E-state index < -0.39 is 5.60 Å². The number of halogens is 1. The summed E-state index contributed by atoms with van der Waals surface area (Å²) in [6, 6.07) is 8.33. The summed E-state index contributed by atoms with van der Waals surface area (Å²) >= 11 is 3.44. The average Bonchev–Trinajstić information content (AvgIpc) is 3.06. The van der Waals surface area contributed by atoms with Crippen LogP contribution in [0.2, 0.25) is 0 Å². The van der Waals surface area contributed by atoms with Gasteiger partial charge in [-0.15, -0.1) is 0 Å². The molecule has 1 aliphatic heterocycles. The van der Waals surface area contributed by atoms with Crippen LogP contribution in [0.1, 0.15) is 59.4 Å². The van der Waals surface area contributed by atoms with Crippen LogP contribution in [0, 0.1) is 0 Å². The van der Waals surface area contributed by atoms with Crippen molar-refractivity contribution in [2.75, 3.05) is 32.7 Å². The lowest BCUT2D eigenvalue weighted by molar-refractivity contribution is 0.0292. The molecule has 0 saturated carbocycles. The van der Waals surface area contributed by atoms with Gasteiger partial charge in [0.1, 0.15) is 5.60 Å². The number of likely N-dealkylation sites (tertiary alicyclic amines) is 1.